The third kappa shape index (κ3) is 5.79. The third-order valence-corrected chi connectivity index (χ3v) is 5.64. The maximum Gasteiger partial charge on any atom is 0.229 e. The Bertz CT molecular complexity index is 1390. The minimum absolute atomic E-state index is 0.312. The van der Waals surface area contributed by atoms with E-state index in [1.165, 1.54) is 12.1 Å². The number of rotatable bonds is 7. The molecule has 0 amide bonds. The van der Waals surface area contributed by atoms with Gasteiger partial charge in [0.1, 0.15) is 11.6 Å². The van der Waals surface area contributed by atoms with Gasteiger partial charge in [-0.1, -0.05) is 24.3 Å². The lowest BCUT2D eigenvalue weighted by Gasteiger charge is -2.16. The predicted molar refractivity (Wildman–Crippen MR) is 134 cm³/mol. The normalized spacial score (nSPS) is 11.2. The average molecular weight is 463 g/mol. The molecule has 1 heterocycles. The molecule has 0 fully saturated rings. The molecule has 4 aromatic rings. The van der Waals surface area contributed by atoms with E-state index in [9.17, 15) is 9.65 Å². The predicted octanol–water partition coefficient (Wildman–Crippen LogP) is 6.44. The molecule has 0 spiro atoms. The van der Waals surface area contributed by atoms with Gasteiger partial charge >= 0.3 is 0 Å². The third-order valence-electron chi connectivity index (χ3n) is 5.64. The average Bonchev–Trinajstić information content (AvgIpc) is 2.86. The van der Waals surface area contributed by atoms with E-state index in [2.05, 4.69) is 44.9 Å². The first kappa shape index (κ1) is 23.4. The Labute approximate surface area is 203 Å². The second kappa shape index (κ2) is 10.5. The molecule has 0 aliphatic heterocycles. The molecule has 0 aliphatic rings. The van der Waals surface area contributed by atoms with E-state index in [0.29, 0.717) is 23.8 Å². The number of hydrogen-bond acceptors (Lipinski definition) is 6. The summed E-state index contributed by atoms with van der Waals surface area (Å²) in [5, 5.41) is 25.1. The first-order chi connectivity index (χ1) is 16.9. The number of nitrogens with zero attached hydrogens (tertiary/aromatic N) is 4. The Morgan fingerprint density at radius 3 is 2.23 bits per heavy atom. The molecule has 7 heteroatoms. The second-order valence-electron chi connectivity index (χ2n) is 8.25. The van der Waals surface area contributed by atoms with Gasteiger partial charge < -0.3 is 10.6 Å². The van der Waals surface area contributed by atoms with Crippen molar-refractivity contribution >= 4 is 23.1 Å². The van der Waals surface area contributed by atoms with Crippen molar-refractivity contribution in [2.75, 3.05) is 10.6 Å². The highest BCUT2D eigenvalue weighted by molar-refractivity contribution is 5.66. The Hall–Kier alpha value is -4.75. The molecule has 0 aliphatic carbocycles. The van der Waals surface area contributed by atoms with Crippen LogP contribution in [-0.4, -0.2) is 9.97 Å². The zero-order valence-electron chi connectivity index (χ0n) is 19.4. The van der Waals surface area contributed by atoms with Crippen LogP contribution in [0.2, 0.25) is 0 Å². The first-order valence-electron chi connectivity index (χ1n) is 11.1. The highest BCUT2D eigenvalue weighted by atomic mass is 19.1. The number of aryl methyl sites for hydroxylation is 2. The molecule has 0 saturated carbocycles. The lowest BCUT2D eigenvalue weighted by Crippen LogP contribution is -2.05. The Balaban J connectivity index is 1.50. The van der Waals surface area contributed by atoms with Crippen LogP contribution in [0.3, 0.4) is 0 Å². The summed E-state index contributed by atoms with van der Waals surface area (Å²) >= 11 is 0. The molecule has 1 atom stereocenters. The summed E-state index contributed by atoms with van der Waals surface area (Å²) in [7, 11) is 0. The summed E-state index contributed by atoms with van der Waals surface area (Å²) in [5.41, 5.74) is 6.19. The second-order valence-corrected chi connectivity index (χ2v) is 8.25. The van der Waals surface area contributed by atoms with Gasteiger partial charge in [0.15, 0.2) is 0 Å². The topological polar surface area (TPSA) is 97.4 Å². The van der Waals surface area contributed by atoms with Crippen LogP contribution in [0, 0.1) is 42.3 Å². The smallest absolute Gasteiger partial charge is 0.229 e. The van der Waals surface area contributed by atoms with E-state index in [0.717, 1.165) is 33.6 Å². The van der Waals surface area contributed by atoms with Gasteiger partial charge in [0.25, 0.3) is 0 Å². The molecule has 35 heavy (non-hydrogen) atoms. The number of nitrogens with one attached hydrogen (secondary N) is 2. The van der Waals surface area contributed by atoms with E-state index in [-0.39, 0.29) is 11.7 Å². The van der Waals surface area contributed by atoms with E-state index >= 15 is 0 Å². The fourth-order valence-electron chi connectivity index (χ4n) is 3.91. The molecule has 4 rings (SSSR count). The van der Waals surface area contributed by atoms with E-state index in [1.54, 1.807) is 48.7 Å². The van der Waals surface area contributed by atoms with E-state index in [4.69, 9.17) is 5.26 Å². The molecular formula is C28H23FN6. The lowest BCUT2D eigenvalue weighted by molar-refractivity contribution is 0.626. The Kier molecular flexibility index (Phi) is 6.99. The highest BCUT2D eigenvalue weighted by Crippen LogP contribution is 2.29. The van der Waals surface area contributed by atoms with Crippen molar-refractivity contribution in [1.29, 1.82) is 10.5 Å². The zero-order valence-corrected chi connectivity index (χ0v) is 19.4. The summed E-state index contributed by atoms with van der Waals surface area (Å²) in [5.74, 6) is 0.401. The van der Waals surface area contributed by atoms with Gasteiger partial charge in [-0.15, -0.1) is 0 Å². The van der Waals surface area contributed by atoms with Gasteiger partial charge in [0.05, 0.1) is 23.6 Å². The number of halogens is 1. The molecule has 0 bridgehead atoms. The van der Waals surface area contributed by atoms with Gasteiger partial charge in [-0.05, 0) is 85.0 Å². The monoisotopic (exact) mass is 462 g/mol. The Morgan fingerprint density at radius 1 is 0.914 bits per heavy atom. The van der Waals surface area contributed by atoms with Crippen LogP contribution in [0.15, 0.2) is 72.9 Å². The largest absolute Gasteiger partial charge is 0.340 e. The molecule has 0 radical (unpaired) electrons. The maximum absolute atomic E-state index is 13.3. The van der Waals surface area contributed by atoms with Gasteiger partial charge in [0, 0.05) is 17.6 Å². The molecule has 172 valence electrons. The van der Waals surface area contributed by atoms with Crippen LogP contribution in [0.25, 0.3) is 0 Å². The number of aromatic nitrogens is 2. The van der Waals surface area contributed by atoms with Crippen LogP contribution in [-0.2, 0) is 6.42 Å². The van der Waals surface area contributed by atoms with Crippen molar-refractivity contribution in [3.63, 3.8) is 0 Å². The quantitative estimate of drug-likeness (QED) is 0.328. The van der Waals surface area contributed by atoms with Crippen molar-refractivity contribution in [1.82, 2.24) is 9.97 Å². The highest BCUT2D eigenvalue weighted by Gasteiger charge is 2.14. The molecule has 2 N–H and O–H groups in total. The molecule has 0 saturated heterocycles. The fourth-order valence-corrected chi connectivity index (χ4v) is 3.91. The molecule has 1 unspecified atom stereocenters. The van der Waals surface area contributed by atoms with Crippen molar-refractivity contribution in [2.45, 2.75) is 26.2 Å². The SMILES string of the molecule is Cc1cc(CC(C#N)c2ccc(F)cc2)cc(C)c1Nc1ccnc(Nc2ccc(C#N)cc2)n1. The first-order valence-corrected chi connectivity index (χ1v) is 11.1. The summed E-state index contributed by atoms with van der Waals surface area (Å²) in [4.78, 5) is 8.82. The zero-order chi connectivity index (χ0) is 24.8. The van der Waals surface area contributed by atoms with Crippen LogP contribution in [0.4, 0.5) is 27.5 Å². The summed E-state index contributed by atoms with van der Waals surface area (Å²) < 4.78 is 13.3. The summed E-state index contributed by atoms with van der Waals surface area (Å²) in [6.07, 6.45) is 2.21. The Morgan fingerprint density at radius 2 is 1.60 bits per heavy atom. The van der Waals surface area contributed by atoms with Crippen LogP contribution < -0.4 is 10.6 Å². The van der Waals surface area contributed by atoms with Crippen molar-refractivity contribution in [2.24, 2.45) is 0 Å². The van der Waals surface area contributed by atoms with Crippen molar-refractivity contribution in [3.05, 3.63) is 107 Å². The maximum atomic E-state index is 13.3. The van der Waals surface area contributed by atoms with Gasteiger partial charge in [0.2, 0.25) is 5.95 Å². The molecule has 6 nitrogen and oxygen atoms in total. The van der Waals surface area contributed by atoms with Crippen LogP contribution in [0.5, 0.6) is 0 Å². The summed E-state index contributed by atoms with van der Waals surface area (Å²) in [6.45, 7) is 4.02. The lowest BCUT2D eigenvalue weighted by atomic mass is 9.91. The van der Waals surface area contributed by atoms with Crippen molar-refractivity contribution < 1.29 is 4.39 Å². The van der Waals surface area contributed by atoms with Gasteiger partial charge in [-0.3, -0.25) is 0 Å². The molecule has 3 aromatic carbocycles. The van der Waals surface area contributed by atoms with Crippen LogP contribution in [0.1, 0.15) is 33.7 Å². The number of hydrogen-bond donors (Lipinski definition) is 2. The van der Waals surface area contributed by atoms with Crippen molar-refractivity contribution in [3.8, 4) is 12.1 Å². The number of benzene rings is 3. The van der Waals surface area contributed by atoms with Gasteiger partial charge in [-0.2, -0.15) is 15.5 Å². The van der Waals surface area contributed by atoms with Gasteiger partial charge in [-0.25, -0.2) is 9.37 Å². The van der Waals surface area contributed by atoms with E-state index in [1.807, 2.05) is 13.8 Å². The molecule has 1 aromatic heterocycles. The molecular weight excluding hydrogens is 439 g/mol. The standard InChI is InChI=1S/C28H23FN6/c1-18-13-21(15-23(17-31)22-5-7-24(29)8-6-22)14-19(2)27(18)34-26-11-12-32-28(35-26)33-25-9-3-20(16-30)4-10-25/h3-14,23H,15H2,1-2H3,(H2,32,33,34,35). The minimum Gasteiger partial charge on any atom is -0.340 e. The van der Waals surface area contributed by atoms with E-state index < -0.39 is 0 Å². The minimum atomic E-state index is -0.356. The number of anilines is 4. The van der Waals surface area contributed by atoms with Crippen LogP contribution >= 0.6 is 0 Å². The number of nitriles is 2. The summed E-state index contributed by atoms with van der Waals surface area (Å²) in [6, 6.07) is 23.5. The fraction of sp³-hybridized carbons (Fsp3) is 0.143.